The number of nitrogens with zero attached hydrogens (tertiary/aromatic N) is 1. The van der Waals surface area contributed by atoms with Gasteiger partial charge in [0.1, 0.15) is 11.6 Å². The predicted octanol–water partition coefficient (Wildman–Crippen LogP) is 4.72. The summed E-state index contributed by atoms with van der Waals surface area (Å²) >= 11 is 5.96. The molecule has 3 N–H and O–H groups in total. The molecule has 1 aromatic heterocycles. The lowest BCUT2D eigenvalue weighted by molar-refractivity contribution is -0.115. The zero-order valence-electron chi connectivity index (χ0n) is 18.9. The van der Waals surface area contributed by atoms with Crippen LogP contribution in [0.15, 0.2) is 60.7 Å². The van der Waals surface area contributed by atoms with Gasteiger partial charge in [-0.1, -0.05) is 11.6 Å². The number of methoxy groups -OCH3 is 1. The maximum atomic E-state index is 13.8. The number of nitrogens with one attached hydrogen (secondary N) is 1. The third kappa shape index (κ3) is 4.74. The molecule has 0 saturated heterocycles. The Balaban J connectivity index is 1.73. The van der Waals surface area contributed by atoms with Crippen molar-refractivity contribution in [2.24, 2.45) is 5.73 Å². The lowest BCUT2D eigenvalue weighted by Crippen LogP contribution is -2.18. The summed E-state index contributed by atoms with van der Waals surface area (Å²) in [7, 11) is 1.53. The van der Waals surface area contributed by atoms with Gasteiger partial charge in [0.25, 0.3) is 11.8 Å². The number of rotatable bonds is 6. The molecular formula is C26H21ClFN3O4. The molecule has 9 heteroatoms. The smallest absolute Gasteiger partial charge is 0.262 e. The Morgan fingerprint density at radius 3 is 2.43 bits per heavy atom. The number of hydrogen-bond acceptors (Lipinski definition) is 4. The molecule has 0 unspecified atom stereocenters. The number of nitrogens with two attached hydrogens (primary N) is 1. The van der Waals surface area contributed by atoms with E-state index in [0.717, 1.165) is 6.07 Å². The Morgan fingerprint density at radius 2 is 1.77 bits per heavy atom. The second-order valence-electron chi connectivity index (χ2n) is 7.88. The molecule has 1 heterocycles. The first-order valence-corrected chi connectivity index (χ1v) is 10.9. The molecule has 35 heavy (non-hydrogen) atoms. The minimum Gasteiger partial charge on any atom is -0.497 e. The number of anilines is 1. The first kappa shape index (κ1) is 24.0. The van der Waals surface area contributed by atoms with Gasteiger partial charge in [-0.15, -0.1) is 0 Å². The van der Waals surface area contributed by atoms with Crippen molar-refractivity contribution in [3.63, 3.8) is 0 Å². The van der Waals surface area contributed by atoms with Gasteiger partial charge in [0.2, 0.25) is 5.91 Å². The normalized spacial score (nSPS) is 10.9. The van der Waals surface area contributed by atoms with Gasteiger partial charge in [0, 0.05) is 27.4 Å². The van der Waals surface area contributed by atoms with E-state index in [0.29, 0.717) is 38.5 Å². The van der Waals surface area contributed by atoms with E-state index in [4.69, 9.17) is 22.1 Å². The maximum Gasteiger partial charge on any atom is 0.262 e. The Bertz CT molecular complexity index is 1480. The number of ether oxygens (including phenoxy) is 1. The molecule has 2 amide bonds. The highest BCUT2D eigenvalue weighted by Crippen LogP contribution is 2.31. The van der Waals surface area contributed by atoms with Crippen LogP contribution < -0.4 is 15.8 Å². The number of primary amides is 1. The molecule has 7 nitrogen and oxygen atoms in total. The molecule has 4 rings (SSSR count). The lowest BCUT2D eigenvalue weighted by atomic mass is 10.1. The summed E-state index contributed by atoms with van der Waals surface area (Å²) < 4.78 is 20.7. The van der Waals surface area contributed by atoms with Crippen molar-refractivity contribution in [1.29, 1.82) is 0 Å². The number of hydrogen-bond donors (Lipinski definition) is 2. The van der Waals surface area contributed by atoms with Crippen molar-refractivity contribution in [3.8, 4) is 5.75 Å². The second kappa shape index (κ2) is 9.60. The molecule has 0 atom stereocenters. The molecule has 3 aromatic carbocycles. The summed E-state index contributed by atoms with van der Waals surface area (Å²) in [6, 6.07) is 15.4. The Labute approximate surface area is 205 Å². The van der Waals surface area contributed by atoms with Gasteiger partial charge in [0.05, 0.1) is 24.6 Å². The third-order valence-corrected chi connectivity index (χ3v) is 5.94. The van der Waals surface area contributed by atoms with Crippen LogP contribution in [0.4, 0.5) is 10.1 Å². The largest absolute Gasteiger partial charge is 0.497 e. The molecule has 0 aliphatic heterocycles. The first-order valence-electron chi connectivity index (χ1n) is 10.6. The van der Waals surface area contributed by atoms with Crippen LogP contribution in [0.2, 0.25) is 5.02 Å². The third-order valence-electron chi connectivity index (χ3n) is 5.69. The minimum atomic E-state index is -0.940. The molecule has 0 saturated carbocycles. The van der Waals surface area contributed by atoms with Crippen LogP contribution in [-0.2, 0) is 11.2 Å². The number of carbonyl (C=O) groups excluding carboxylic acids is 3. The fourth-order valence-electron chi connectivity index (χ4n) is 3.95. The van der Waals surface area contributed by atoms with Crippen molar-refractivity contribution in [3.05, 3.63) is 93.9 Å². The van der Waals surface area contributed by atoms with Gasteiger partial charge in [-0.05, 0) is 73.2 Å². The van der Waals surface area contributed by atoms with E-state index in [1.807, 2.05) is 0 Å². The molecule has 0 spiro atoms. The number of aromatic nitrogens is 1. The van der Waals surface area contributed by atoms with E-state index in [1.165, 1.54) is 19.2 Å². The molecule has 0 bridgehead atoms. The first-order chi connectivity index (χ1) is 16.7. The average molecular weight is 494 g/mol. The van der Waals surface area contributed by atoms with Crippen LogP contribution in [-0.4, -0.2) is 29.4 Å². The quantitative estimate of drug-likeness (QED) is 0.405. The lowest BCUT2D eigenvalue weighted by Gasteiger charge is -2.09. The van der Waals surface area contributed by atoms with E-state index in [-0.39, 0.29) is 23.6 Å². The summed E-state index contributed by atoms with van der Waals surface area (Å²) in [5, 5.41) is 3.85. The second-order valence-corrected chi connectivity index (χ2v) is 8.31. The average Bonchev–Trinajstić information content (AvgIpc) is 3.10. The van der Waals surface area contributed by atoms with Gasteiger partial charge in [-0.2, -0.15) is 0 Å². The van der Waals surface area contributed by atoms with Crippen LogP contribution in [0.3, 0.4) is 0 Å². The van der Waals surface area contributed by atoms with Crippen LogP contribution in [0, 0.1) is 12.7 Å². The van der Waals surface area contributed by atoms with Crippen LogP contribution in [0.5, 0.6) is 5.75 Å². The Hall–Kier alpha value is -4.17. The standard InChI is InChI=1S/C26H21ClFN3O4/c1-14-19(13-24(32)30-17-7-9-22(28)21(11-17)25(29)33)20-12-18(35-2)8-10-23(20)31(14)26(34)15-3-5-16(27)6-4-15/h3-12H,13H2,1-2H3,(H2,29,33)(H,30,32). The van der Waals surface area contributed by atoms with Gasteiger partial charge in [-0.3, -0.25) is 19.0 Å². The van der Waals surface area contributed by atoms with E-state index in [9.17, 15) is 18.8 Å². The van der Waals surface area contributed by atoms with E-state index in [2.05, 4.69) is 5.32 Å². The number of fused-ring (bicyclic) bond motifs is 1. The zero-order valence-corrected chi connectivity index (χ0v) is 19.7. The topological polar surface area (TPSA) is 103 Å². The highest BCUT2D eigenvalue weighted by Gasteiger charge is 2.22. The van der Waals surface area contributed by atoms with Gasteiger partial charge >= 0.3 is 0 Å². The number of amides is 2. The van der Waals surface area contributed by atoms with Gasteiger partial charge in [-0.25, -0.2) is 4.39 Å². The van der Waals surface area contributed by atoms with Crippen LogP contribution in [0.1, 0.15) is 32.0 Å². The zero-order chi connectivity index (χ0) is 25.3. The van der Waals surface area contributed by atoms with Crippen molar-refractivity contribution in [1.82, 2.24) is 4.57 Å². The summed E-state index contributed by atoms with van der Waals surface area (Å²) in [5.41, 5.74) is 7.34. The fourth-order valence-corrected chi connectivity index (χ4v) is 4.08. The highest BCUT2D eigenvalue weighted by molar-refractivity contribution is 6.30. The molecule has 178 valence electrons. The molecule has 0 radical (unpaired) electrons. The van der Waals surface area contributed by atoms with Gasteiger partial charge < -0.3 is 15.8 Å². The summed E-state index contributed by atoms with van der Waals surface area (Å²) in [5.74, 6) is -1.84. The number of halogens is 2. The maximum absolute atomic E-state index is 13.8. The molecule has 4 aromatic rings. The summed E-state index contributed by atoms with van der Waals surface area (Å²) in [4.78, 5) is 37.7. The van der Waals surface area contributed by atoms with E-state index < -0.39 is 17.6 Å². The number of carbonyl (C=O) groups is 3. The highest BCUT2D eigenvalue weighted by atomic mass is 35.5. The SMILES string of the molecule is COc1ccc2c(c1)c(CC(=O)Nc1ccc(F)c(C(N)=O)c1)c(C)n2C(=O)c1ccc(Cl)cc1. The minimum absolute atomic E-state index is 0.0837. The number of benzene rings is 3. The van der Waals surface area contributed by atoms with Crippen molar-refractivity contribution in [2.45, 2.75) is 13.3 Å². The molecule has 0 aliphatic rings. The van der Waals surface area contributed by atoms with E-state index >= 15 is 0 Å². The molecule has 0 aliphatic carbocycles. The van der Waals surface area contributed by atoms with Gasteiger partial charge in [0.15, 0.2) is 0 Å². The monoisotopic (exact) mass is 493 g/mol. The molecule has 0 fully saturated rings. The summed E-state index contributed by atoms with van der Waals surface area (Å²) in [6.07, 6.45) is -0.0837. The van der Waals surface area contributed by atoms with Crippen molar-refractivity contribution >= 4 is 45.9 Å². The Kier molecular flexibility index (Phi) is 6.57. The van der Waals surface area contributed by atoms with E-state index in [1.54, 1.807) is 54.0 Å². The van der Waals surface area contributed by atoms with Crippen LogP contribution in [0.25, 0.3) is 10.9 Å². The van der Waals surface area contributed by atoms with Crippen molar-refractivity contribution in [2.75, 3.05) is 12.4 Å². The fraction of sp³-hybridized carbons (Fsp3) is 0.115. The Morgan fingerprint density at radius 1 is 1.06 bits per heavy atom. The molecular weight excluding hydrogens is 473 g/mol. The predicted molar refractivity (Wildman–Crippen MR) is 132 cm³/mol. The summed E-state index contributed by atoms with van der Waals surface area (Å²) in [6.45, 7) is 1.76. The van der Waals surface area contributed by atoms with Crippen molar-refractivity contribution < 1.29 is 23.5 Å². The van der Waals surface area contributed by atoms with Crippen LogP contribution >= 0.6 is 11.6 Å².